The summed E-state index contributed by atoms with van der Waals surface area (Å²) in [6, 6.07) is 2.69. The van der Waals surface area contributed by atoms with Gasteiger partial charge in [-0.1, -0.05) is 6.92 Å². The maximum absolute atomic E-state index is 14.3. The molecule has 1 saturated carbocycles. The first-order valence-electron chi connectivity index (χ1n) is 12.1. The number of H-pyrrole nitrogens is 1. The van der Waals surface area contributed by atoms with E-state index in [-0.39, 0.29) is 28.7 Å². The Kier molecular flexibility index (Phi) is 5.62. The van der Waals surface area contributed by atoms with Crippen molar-refractivity contribution in [1.29, 1.82) is 0 Å². The Bertz CT molecular complexity index is 1250. The van der Waals surface area contributed by atoms with Crippen LogP contribution in [-0.4, -0.2) is 76.5 Å². The van der Waals surface area contributed by atoms with Crippen LogP contribution in [0.5, 0.6) is 0 Å². The number of halogens is 1. The average Bonchev–Trinajstić information content (AvgIpc) is 3.27. The molecule has 1 aliphatic carbocycles. The van der Waals surface area contributed by atoms with Crippen LogP contribution in [0.1, 0.15) is 49.0 Å². The van der Waals surface area contributed by atoms with Gasteiger partial charge >= 0.3 is 0 Å². The third-order valence-electron chi connectivity index (χ3n) is 7.67. The van der Waals surface area contributed by atoms with Gasteiger partial charge in [-0.15, -0.1) is 0 Å². The van der Waals surface area contributed by atoms with Crippen LogP contribution < -0.4 is 5.32 Å². The number of aromatic nitrogens is 3. The van der Waals surface area contributed by atoms with Crippen LogP contribution in [0, 0.1) is 17.7 Å². The quantitative estimate of drug-likeness (QED) is 0.583. The lowest BCUT2D eigenvalue weighted by molar-refractivity contribution is -0.130. The van der Waals surface area contributed by atoms with Crippen molar-refractivity contribution in [2.24, 2.45) is 11.8 Å². The Morgan fingerprint density at radius 2 is 2.03 bits per heavy atom. The van der Waals surface area contributed by atoms with Gasteiger partial charge in [-0.25, -0.2) is 8.91 Å². The SMILES string of the molecule is CCNC(=O)c1cc(F)cc2[nH]c3c(C4(C)CCN(CC5CC5C(=O)N(C)C)CC4)cnn3c12. The highest BCUT2D eigenvalue weighted by molar-refractivity contribution is 6.06. The number of hydrogen-bond donors (Lipinski definition) is 2. The Hall–Kier alpha value is -2.94. The molecule has 2 aromatic heterocycles. The summed E-state index contributed by atoms with van der Waals surface area (Å²) in [5, 5.41) is 7.38. The lowest BCUT2D eigenvalue weighted by Gasteiger charge is -2.39. The fourth-order valence-corrected chi connectivity index (χ4v) is 5.47. The zero-order valence-corrected chi connectivity index (χ0v) is 20.3. The second kappa shape index (κ2) is 8.37. The first-order valence-corrected chi connectivity index (χ1v) is 12.1. The smallest absolute Gasteiger partial charge is 0.253 e. The first-order chi connectivity index (χ1) is 16.2. The lowest BCUT2D eigenvalue weighted by Crippen LogP contribution is -2.42. The number of likely N-dealkylation sites (tertiary alicyclic amines) is 1. The largest absolute Gasteiger partial charge is 0.352 e. The van der Waals surface area contributed by atoms with E-state index in [9.17, 15) is 14.0 Å². The van der Waals surface area contributed by atoms with Crippen molar-refractivity contribution in [2.75, 3.05) is 40.3 Å². The molecule has 182 valence electrons. The summed E-state index contributed by atoms with van der Waals surface area (Å²) < 4.78 is 16.0. The monoisotopic (exact) mass is 468 g/mol. The molecular weight excluding hydrogens is 435 g/mol. The maximum atomic E-state index is 14.3. The molecule has 34 heavy (non-hydrogen) atoms. The first kappa shape index (κ1) is 22.8. The number of carbonyl (C=O) groups is 2. The molecule has 3 aromatic rings. The highest BCUT2D eigenvalue weighted by Gasteiger charge is 2.45. The van der Waals surface area contributed by atoms with E-state index in [1.165, 1.54) is 12.1 Å². The minimum Gasteiger partial charge on any atom is -0.352 e. The van der Waals surface area contributed by atoms with Crippen LogP contribution in [0.4, 0.5) is 4.39 Å². The van der Waals surface area contributed by atoms with Gasteiger partial charge in [0.15, 0.2) is 0 Å². The number of aromatic amines is 1. The van der Waals surface area contributed by atoms with E-state index in [4.69, 9.17) is 0 Å². The topological polar surface area (TPSA) is 85.7 Å². The fraction of sp³-hybridized carbons (Fsp3) is 0.560. The summed E-state index contributed by atoms with van der Waals surface area (Å²) in [6.07, 6.45) is 4.83. The number of rotatable bonds is 6. The van der Waals surface area contributed by atoms with Gasteiger partial charge in [0, 0.05) is 44.1 Å². The van der Waals surface area contributed by atoms with E-state index in [1.807, 2.05) is 27.2 Å². The molecule has 5 rings (SSSR count). The van der Waals surface area contributed by atoms with E-state index >= 15 is 0 Å². The maximum Gasteiger partial charge on any atom is 0.253 e. The van der Waals surface area contributed by atoms with Gasteiger partial charge in [0.05, 0.1) is 17.3 Å². The molecule has 0 bridgehead atoms. The predicted molar refractivity (Wildman–Crippen MR) is 128 cm³/mol. The van der Waals surface area contributed by atoms with E-state index in [0.717, 1.165) is 50.1 Å². The molecule has 9 heteroatoms. The van der Waals surface area contributed by atoms with Crippen LogP contribution in [0.2, 0.25) is 0 Å². The van der Waals surface area contributed by atoms with Gasteiger partial charge in [-0.2, -0.15) is 5.10 Å². The molecule has 8 nitrogen and oxygen atoms in total. The second-order valence-corrected chi connectivity index (χ2v) is 10.3. The molecule has 0 spiro atoms. The normalized spacial score (nSPS) is 22.3. The Balaban J connectivity index is 1.36. The third kappa shape index (κ3) is 3.85. The Morgan fingerprint density at radius 3 is 2.71 bits per heavy atom. The molecule has 2 aliphatic rings. The van der Waals surface area contributed by atoms with Gasteiger partial charge in [0.2, 0.25) is 5.91 Å². The average molecular weight is 469 g/mol. The minimum absolute atomic E-state index is 0.0775. The van der Waals surface area contributed by atoms with Gasteiger partial charge in [-0.3, -0.25) is 9.59 Å². The lowest BCUT2D eigenvalue weighted by atomic mass is 9.75. The highest BCUT2D eigenvalue weighted by Crippen LogP contribution is 2.43. The molecule has 1 saturated heterocycles. The summed E-state index contributed by atoms with van der Waals surface area (Å²) in [6.45, 7) is 7.47. The molecule has 2 unspecified atom stereocenters. The summed E-state index contributed by atoms with van der Waals surface area (Å²) >= 11 is 0. The van der Waals surface area contributed by atoms with Crippen molar-refractivity contribution >= 4 is 28.5 Å². The molecule has 2 fully saturated rings. The van der Waals surface area contributed by atoms with Crippen LogP contribution >= 0.6 is 0 Å². The number of benzene rings is 1. The van der Waals surface area contributed by atoms with Crippen LogP contribution in [0.15, 0.2) is 18.3 Å². The predicted octanol–water partition coefficient (Wildman–Crippen LogP) is 2.78. The van der Waals surface area contributed by atoms with Crippen molar-refractivity contribution in [3.05, 3.63) is 35.3 Å². The van der Waals surface area contributed by atoms with Gasteiger partial charge in [-0.05, 0) is 57.3 Å². The summed E-state index contributed by atoms with van der Waals surface area (Å²) in [7, 11) is 3.66. The van der Waals surface area contributed by atoms with E-state index in [0.29, 0.717) is 23.5 Å². The van der Waals surface area contributed by atoms with Crippen LogP contribution in [0.25, 0.3) is 16.7 Å². The standard InChI is InChI=1S/C25H33FN6O2/c1-5-27-23(33)18-11-16(26)12-20-21(18)32-22(29-20)19(13-28-32)25(2)6-8-31(9-7-25)14-15-10-17(15)24(34)30(3)4/h11-13,15,17,29H,5-10,14H2,1-4H3,(H,27,33). The minimum atomic E-state index is -0.453. The highest BCUT2D eigenvalue weighted by atomic mass is 19.1. The zero-order chi connectivity index (χ0) is 24.2. The number of hydrogen-bond acceptors (Lipinski definition) is 4. The van der Waals surface area contributed by atoms with Crippen molar-refractivity contribution in [3.8, 4) is 0 Å². The summed E-state index contributed by atoms with van der Waals surface area (Å²) in [5.41, 5.74) is 3.28. The molecular formula is C25H33FN6O2. The van der Waals surface area contributed by atoms with E-state index in [2.05, 4.69) is 27.2 Å². The number of fused-ring (bicyclic) bond motifs is 3. The molecule has 2 amide bonds. The van der Waals surface area contributed by atoms with Crippen molar-refractivity contribution in [1.82, 2.24) is 29.7 Å². The number of amides is 2. The molecule has 3 heterocycles. The molecule has 1 aliphatic heterocycles. The zero-order valence-electron chi connectivity index (χ0n) is 20.3. The molecule has 0 radical (unpaired) electrons. The molecule has 1 aromatic carbocycles. The number of nitrogens with zero attached hydrogens (tertiary/aromatic N) is 4. The summed E-state index contributed by atoms with van der Waals surface area (Å²) in [4.78, 5) is 32.3. The molecule has 2 N–H and O–H groups in total. The fourth-order valence-electron chi connectivity index (χ4n) is 5.47. The van der Waals surface area contributed by atoms with Crippen molar-refractivity contribution < 1.29 is 14.0 Å². The van der Waals surface area contributed by atoms with Gasteiger partial charge in [0.25, 0.3) is 5.91 Å². The third-order valence-corrected chi connectivity index (χ3v) is 7.67. The number of carbonyl (C=O) groups excluding carboxylic acids is 2. The van der Waals surface area contributed by atoms with E-state index in [1.54, 1.807) is 9.42 Å². The van der Waals surface area contributed by atoms with Gasteiger partial charge in [0.1, 0.15) is 17.0 Å². The summed E-state index contributed by atoms with van der Waals surface area (Å²) in [5.74, 6) is 0.139. The van der Waals surface area contributed by atoms with E-state index < -0.39 is 5.82 Å². The number of nitrogens with one attached hydrogen (secondary N) is 2. The van der Waals surface area contributed by atoms with Crippen molar-refractivity contribution in [2.45, 2.75) is 38.5 Å². The Morgan fingerprint density at radius 1 is 1.29 bits per heavy atom. The van der Waals surface area contributed by atoms with Crippen LogP contribution in [-0.2, 0) is 10.2 Å². The van der Waals surface area contributed by atoms with Crippen molar-refractivity contribution in [3.63, 3.8) is 0 Å². The van der Waals surface area contributed by atoms with Gasteiger partial charge < -0.3 is 20.1 Å². The number of piperidine rings is 1. The second-order valence-electron chi connectivity index (χ2n) is 10.3. The number of imidazole rings is 1. The van der Waals surface area contributed by atoms with Crippen LogP contribution in [0.3, 0.4) is 0 Å². The molecule has 2 atom stereocenters. The Labute approximate surface area is 198 Å².